The number of benzene rings is 1. The van der Waals surface area contributed by atoms with Crippen molar-refractivity contribution < 1.29 is 0 Å². The van der Waals surface area contributed by atoms with Gasteiger partial charge >= 0.3 is 0 Å². The Hall–Kier alpha value is -3.66. The number of hydrogen-bond acceptors (Lipinski definition) is 6. The highest BCUT2D eigenvalue weighted by molar-refractivity contribution is 5.67. The molecule has 0 saturated heterocycles. The smallest absolute Gasteiger partial charge is 0.228 e. The van der Waals surface area contributed by atoms with E-state index < -0.39 is 0 Å². The molecule has 0 fully saturated rings. The first-order valence-corrected chi connectivity index (χ1v) is 7.78. The SMILES string of the molecule is Cc1ccc(C2Nc3nc(-c4cccnc4)nn3C(N)=C2C#N)cc1. The number of anilines is 1. The lowest BCUT2D eigenvalue weighted by Crippen LogP contribution is -2.27. The highest BCUT2D eigenvalue weighted by Gasteiger charge is 2.29. The van der Waals surface area contributed by atoms with Crippen molar-refractivity contribution in [3.05, 3.63) is 65.5 Å². The van der Waals surface area contributed by atoms with E-state index in [0.29, 0.717) is 17.3 Å². The van der Waals surface area contributed by atoms with Gasteiger partial charge in [-0.2, -0.15) is 14.9 Å². The molecule has 7 nitrogen and oxygen atoms in total. The van der Waals surface area contributed by atoms with Gasteiger partial charge in [0.25, 0.3) is 0 Å². The van der Waals surface area contributed by atoms with Crippen LogP contribution >= 0.6 is 0 Å². The van der Waals surface area contributed by atoms with Crippen LogP contribution in [0.4, 0.5) is 5.95 Å². The molecule has 0 bridgehead atoms. The van der Waals surface area contributed by atoms with E-state index in [9.17, 15) is 5.26 Å². The summed E-state index contributed by atoms with van der Waals surface area (Å²) in [7, 11) is 0. The molecule has 25 heavy (non-hydrogen) atoms. The summed E-state index contributed by atoms with van der Waals surface area (Å²) in [6.45, 7) is 2.02. The van der Waals surface area contributed by atoms with E-state index in [1.54, 1.807) is 12.4 Å². The number of nitrogens with two attached hydrogens (primary N) is 1. The molecule has 3 N–H and O–H groups in total. The minimum atomic E-state index is -0.357. The summed E-state index contributed by atoms with van der Waals surface area (Å²) in [5.74, 6) is 1.28. The van der Waals surface area contributed by atoms with Crippen molar-refractivity contribution in [2.45, 2.75) is 13.0 Å². The zero-order chi connectivity index (χ0) is 17.4. The first-order valence-electron chi connectivity index (χ1n) is 7.78. The standard InChI is InChI=1S/C18H15N7/c1-11-4-6-12(7-5-11)15-14(9-19)16(20)25-18(22-15)23-17(24-25)13-3-2-8-21-10-13/h2-8,10,15H,20H2,1H3,(H,22,23,24). The van der Waals surface area contributed by atoms with Crippen molar-refractivity contribution >= 4 is 11.8 Å². The summed E-state index contributed by atoms with van der Waals surface area (Å²) < 4.78 is 1.46. The molecule has 0 aliphatic carbocycles. The minimum Gasteiger partial charge on any atom is -0.383 e. The molecule has 3 aromatic rings. The Labute approximate surface area is 144 Å². The first-order chi connectivity index (χ1) is 12.2. The molecule has 0 spiro atoms. The molecular formula is C18H15N7. The Morgan fingerprint density at radius 2 is 2.04 bits per heavy atom. The fourth-order valence-corrected chi connectivity index (χ4v) is 2.78. The highest BCUT2D eigenvalue weighted by Crippen LogP contribution is 2.33. The third-order valence-corrected chi connectivity index (χ3v) is 4.12. The van der Waals surface area contributed by atoms with Gasteiger partial charge in [0.1, 0.15) is 11.9 Å². The van der Waals surface area contributed by atoms with Crippen molar-refractivity contribution in [2.24, 2.45) is 5.73 Å². The van der Waals surface area contributed by atoms with Crippen molar-refractivity contribution in [1.29, 1.82) is 5.26 Å². The zero-order valence-electron chi connectivity index (χ0n) is 13.5. The minimum absolute atomic E-state index is 0.282. The van der Waals surface area contributed by atoms with Gasteiger partial charge in [-0.15, -0.1) is 5.10 Å². The Morgan fingerprint density at radius 1 is 1.24 bits per heavy atom. The number of fused-ring (bicyclic) bond motifs is 1. The lowest BCUT2D eigenvalue weighted by atomic mass is 9.97. The second-order valence-corrected chi connectivity index (χ2v) is 5.81. The van der Waals surface area contributed by atoms with Crippen molar-refractivity contribution in [3.8, 4) is 17.5 Å². The molecule has 7 heteroatoms. The molecular weight excluding hydrogens is 314 g/mol. The van der Waals surface area contributed by atoms with E-state index in [-0.39, 0.29) is 11.9 Å². The average Bonchev–Trinajstić information content (AvgIpc) is 3.08. The molecule has 0 radical (unpaired) electrons. The van der Waals surface area contributed by atoms with Crippen LogP contribution in [-0.2, 0) is 0 Å². The van der Waals surface area contributed by atoms with Gasteiger partial charge in [-0.1, -0.05) is 29.8 Å². The summed E-state index contributed by atoms with van der Waals surface area (Å²) in [5.41, 5.74) is 9.51. The number of nitriles is 1. The molecule has 3 heterocycles. The van der Waals surface area contributed by atoms with Crippen LogP contribution in [0.25, 0.3) is 17.2 Å². The summed E-state index contributed by atoms with van der Waals surface area (Å²) in [6, 6.07) is 13.5. The molecule has 2 aromatic heterocycles. The molecule has 1 aliphatic heterocycles. The highest BCUT2D eigenvalue weighted by atomic mass is 15.4. The summed E-state index contributed by atoms with van der Waals surface area (Å²) in [4.78, 5) is 8.59. The van der Waals surface area contributed by atoms with Crippen LogP contribution in [-0.4, -0.2) is 19.7 Å². The predicted octanol–water partition coefficient (Wildman–Crippen LogP) is 2.47. The molecule has 1 atom stereocenters. The van der Waals surface area contributed by atoms with Crippen molar-refractivity contribution in [3.63, 3.8) is 0 Å². The summed E-state index contributed by atoms with van der Waals surface area (Å²) in [5, 5.41) is 17.3. The van der Waals surface area contributed by atoms with Crippen LogP contribution < -0.4 is 11.1 Å². The third-order valence-electron chi connectivity index (χ3n) is 4.12. The van der Waals surface area contributed by atoms with E-state index in [1.807, 2.05) is 43.3 Å². The number of pyridine rings is 1. The molecule has 0 amide bonds. The Kier molecular flexibility index (Phi) is 3.43. The van der Waals surface area contributed by atoms with Gasteiger partial charge in [-0.3, -0.25) is 4.98 Å². The lowest BCUT2D eigenvalue weighted by molar-refractivity contribution is 0.795. The van der Waals surface area contributed by atoms with Gasteiger partial charge in [-0.25, -0.2) is 0 Å². The molecule has 0 saturated carbocycles. The fourth-order valence-electron chi connectivity index (χ4n) is 2.78. The molecule has 1 aliphatic rings. The summed E-state index contributed by atoms with van der Waals surface area (Å²) >= 11 is 0. The maximum absolute atomic E-state index is 9.60. The van der Waals surface area contributed by atoms with E-state index in [4.69, 9.17) is 5.73 Å². The van der Waals surface area contributed by atoms with Crippen LogP contribution in [0.1, 0.15) is 17.2 Å². The zero-order valence-corrected chi connectivity index (χ0v) is 13.5. The van der Waals surface area contributed by atoms with E-state index in [1.165, 1.54) is 4.68 Å². The van der Waals surface area contributed by atoms with Gasteiger partial charge < -0.3 is 11.1 Å². The van der Waals surface area contributed by atoms with Crippen LogP contribution in [0, 0.1) is 18.3 Å². The molecule has 1 unspecified atom stereocenters. The number of aromatic nitrogens is 4. The maximum Gasteiger partial charge on any atom is 0.228 e. The quantitative estimate of drug-likeness (QED) is 0.748. The van der Waals surface area contributed by atoms with Crippen LogP contribution in [0.15, 0.2) is 54.4 Å². The maximum atomic E-state index is 9.60. The van der Waals surface area contributed by atoms with Crippen LogP contribution in [0.2, 0.25) is 0 Å². The van der Waals surface area contributed by atoms with Gasteiger partial charge in [-0.05, 0) is 24.6 Å². The monoisotopic (exact) mass is 329 g/mol. The average molecular weight is 329 g/mol. The largest absolute Gasteiger partial charge is 0.383 e. The molecule has 4 rings (SSSR count). The Bertz CT molecular complexity index is 994. The lowest BCUT2D eigenvalue weighted by Gasteiger charge is -2.25. The number of rotatable bonds is 2. The number of hydrogen-bond donors (Lipinski definition) is 2. The fraction of sp³-hybridized carbons (Fsp3) is 0.111. The van der Waals surface area contributed by atoms with E-state index >= 15 is 0 Å². The first kappa shape index (κ1) is 14.9. The Morgan fingerprint density at radius 3 is 2.72 bits per heavy atom. The van der Waals surface area contributed by atoms with Crippen molar-refractivity contribution in [1.82, 2.24) is 19.7 Å². The number of nitrogens with zero attached hydrogens (tertiary/aromatic N) is 5. The van der Waals surface area contributed by atoms with Gasteiger partial charge in [0.2, 0.25) is 5.95 Å². The molecule has 1 aromatic carbocycles. The van der Waals surface area contributed by atoms with Gasteiger partial charge in [0.05, 0.1) is 11.6 Å². The molecule has 122 valence electrons. The topological polar surface area (TPSA) is 105 Å². The number of aryl methyl sites for hydroxylation is 1. The second kappa shape index (κ2) is 5.76. The second-order valence-electron chi connectivity index (χ2n) is 5.81. The van der Waals surface area contributed by atoms with Gasteiger partial charge in [0, 0.05) is 18.0 Å². The number of nitrogens with one attached hydrogen (secondary N) is 1. The van der Waals surface area contributed by atoms with Crippen molar-refractivity contribution in [2.75, 3.05) is 5.32 Å². The summed E-state index contributed by atoms with van der Waals surface area (Å²) in [6.07, 6.45) is 3.37. The normalized spacial score (nSPS) is 16.1. The predicted molar refractivity (Wildman–Crippen MR) is 93.8 cm³/mol. The Balaban J connectivity index is 1.80. The third kappa shape index (κ3) is 2.50. The van der Waals surface area contributed by atoms with Crippen LogP contribution in [0.3, 0.4) is 0 Å². The van der Waals surface area contributed by atoms with E-state index in [0.717, 1.165) is 16.7 Å². The van der Waals surface area contributed by atoms with E-state index in [2.05, 4.69) is 26.5 Å². The van der Waals surface area contributed by atoms with Crippen LogP contribution in [0.5, 0.6) is 0 Å². The van der Waals surface area contributed by atoms with Gasteiger partial charge in [0.15, 0.2) is 5.82 Å².